The second-order valence-corrected chi connectivity index (χ2v) is 6.00. The molecule has 0 spiro atoms. The Balaban J connectivity index is 1.79. The number of aldehydes is 1. The molecule has 0 aliphatic rings. The van der Waals surface area contributed by atoms with Gasteiger partial charge in [0, 0.05) is 17.3 Å². The zero-order valence-electron chi connectivity index (χ0n) is 12.8. The van der Waals surface area contributed by atoms with Crippen LogP contribution in [0.1, 0.15) is 27.3 Å². The summed E-state index contributed by atoms with van der Waals surface area (Å²) in [4.78, 5) is 11.3. The Bertz CT molecular complexity index is 775. The lowest BCUT2D eigenvalue weighted by Crippen LogP contribution is -2.08. The average molecular weight is 324 g/mol. The molecule has 0 amide bonds. The van der Waals surface area contributed by atoms with Crippen molar-refractivity contribution >= 4 is 17.9 Å². The first-order chi connectivity index (χ1) is 11.3. The van der Waals surface area contributed by atoms with Crippen LogP contribution in [0.2, 0.25) is 5.02 Å². The lowest BCUT2D eigenvalue weighted by atomic mass is 10.1. The summed E-state index contributed by atoms with van der Waals surface area (Å²) in [5.74, 6) is 0. The third kappa shape index (κ3) is 3.91. The quantitative estimate of drug-likeness (QED) is 0.598. The minimum Gasteiger partial charge on any atom is -0.338 e. The van der Waals surface area contributed by atoms with E-state index in [-0.39, 0.29) is 0 Å². The van der Waals surface area contributed by atoms with Crippen LogP contribution in [0.4, 0.5) is 0 Å². The van der Waals surface area contributed by atoms with E-state index in [1.165, 1.54) is 11.3 Å². The summed E-state index contributed by atoms with van der Waals surface area (Å²) in [6.45, 7) is 0.683. The SMILES string of the molecule is O=Cc1ccc(CCc2ccccc2)n1Cc1ccc(Cl)cc1. The van der Waals surface area contributed by atoms with Gasteiger partial charge in [0.05, 0.1) is 5.69 Å². The van der Waals surface area contributed by atoms with Gasteiger partial charge in [0.25, 0.3) is 0 Å². The van der Waals surface area contributed by atoms with E-state index >= 15 is 0 Å². The molecule has 23 heavy (non-hydrogen) atoms. The van der Waals surface area contributed by atoms with Crippen molar-refractivity contribution in [2.24, 2.45) is 0 Å². The number of benzene rings is 2. The molecule has 0 bridgehead atoms. The Morgan fingerprint density at radius 2 is 1.57 bits per heavy atom. The van der Waals surface area contributed by atoms with Crippen molar-refractivity contribution in [1.29, 1.82) is 0 Å². The van der Waals surface area contributed by atoms with Gasteiger partial charge in [-0.15, -0.1) is 0 Å². The molecular weight excluding hydrogens is 306 g/mol. The first-order valence-corrected chi connectivity index (χ1v) is 8.06. The average Bonchev–Trinajstić information content (AvgIpc) is 2.98. The highest BCUT2D eigenvalue weighted by atomic mass is 35.5. The van der Waals surface area contributed by atoms with Gasteiger partial charge in [-0.2, -0.15) is 0 Å². The van der Waals surface area contributed by atoms with E-state index in [2.05, 4.69) is 28.8 Å². The number of hydrogen-bond acceptors (Lipinski definition) is 1. The van der Waals surface area contributed by atoms with Crippen LogP contribution in [0.3, 0.4) is 0 Å². The molecule has 0 saturated carbocycles. The maximum Gasteiger partial charge on any atom is 0.166 e. The number of aryl methyl sites for hydroxylation is 2. The molecule has 1 aromatic heterocycles. The predicted molar refractivity (Wildman–Crippen MR) is 94.2 cm³/mol. The van der Waals surface area contributed by atoms with E-state index in [0.29, 0.717) is 12.2 Å². The van der Waals surface area contributed by atoms with E-state index in [4.69, 9.17) is 11.6 Å². The molecule has 0 aliphatic heterocycles. The Labute approximate surface area is 141 Å². The molecule has 0 unspecified atom stereocenters. The minimum atomic E-state index is 0.683. The van der Waals surface area contributed by atoms with E-state index in [1.807, 2.05) is 42.5 Å². The van der Waals surface area contributed by atoms with Gasteiger partial charge in [-0.25, -0.2) is 0 Å². The standard InChI is InChI=1S/C20H18ClNO/c21-18-9-6-17(7-10-18)14-22-19(12-13-20(22)15-23)11-8-16-4-2-1-3-5-16/h1-7,9-10,12-13,15H,8,11,14H2. The molecule has 3 rings (SSSR count). The highest BCUT2D eigenvalue weighted by molar-refractivity contribution is 6.30. The topological polar surface area (TPSA) is 22.0 Å². The van der Waals surface area contributed by atoms with Crippen LogP contribution < -0.4 is 0 Å². The number of rotatable bonds is 6. The molecule has 0 fully saturated rings. The molecule has 0 atom stereocenters. The molecule has 3 aromatic rings. The molecule has 2 nitrogen and oxygen atoms in total. The fraction of sp³-hybridized carbons (Fsp3) is 0.150. The van der Waals surface area contributed by atoms with Gasteiger partial charge in [-0.1, -0.05) is 54.1 Å². The molecule has 3 heteroatoms. The molecule has 0 aliphatic carbocycles. The Kier molecular flexibility index (Phi) is 4.94. The monoisotopic (exact) mass is 323 g/mol. The van der Waals surface area contributed by atoms with E-state index in [0.717, 1.165) is 29.7 Å². The summed E-state index contributed by atoms with van der Waals surface area (Å²) in [5.41, 5.74) is 4.32. The van der Waals surface area contributed by atoms with Crippen molar-refractivity contribution in [3.05, 3.63) is 94.3 Å². The van der Waals surface area contributed by atoms with Gasteiger partial charge in [-0.05, 0) is 48.2 Å². The maximum absolute atomic E-state index is 11.3. The number of aromatic nitrogens is 1. The fourth-order valence-electron chi connectivity index (χ4n) is 2.73. The van der Waals surface area contributed by atoms with Crippen molar-refractivity contribution in [2.75, 3.05) is 0 Å². The zero-order chi connectivity index (χ0) is 16.1. The lowest BCUT2D eigenvalue weighted by molar-refractivity contribution is 0.111. The number of nitrogens with zero attached hydrogens (tertiary/aromatic N) is 1. The summed E-state index contributed by atoms with van der Waals surface area (Å²) in [7, 11) is 0. The maximum atomic E-state index is 11.3. The third-order valence-corrected chi connectivity index (χ3v) is 4.24. The number of carbonyl (C=O) groups is 1. The second-order valence-electron chi connectivity index (χ2n) is 5.57. The Morgan fingerprint density at radius 3 is 2.26 bits per heavy atom. The highest BCUT2D eigenvalue weighted by Crippen LogP contribution is 2.16. The minimum absolute atomic E-state index is 0.683. The van der Waals surface area contributed by atoms with Crippen LogP contribution in [0, 0.1) is 0 Å². The number of halogens is 1. The molecule has 1 heterocycles. The summed E-state index contributed by atoms with van der Waals surface area (Å²) in [6, 6.07) is 22.1. The van der Waals surface area contributed by atoms with Crippen molar-refractivity contribution in [3.63, 3.8) is 0 Å². The lowest BCUT2D eigenvalue weighted by Gasteiger charge is -2.12. The van der Waals surface area contributed by atoms with Crippen LogP contribution in [0.25, 0.3) is 0 Å². The van der Waals surface area contributed by atoms with Gasteiger partial charge >= 0.3 is 0 Å². The van der Waals surface area contributed by atoms with Gasteiger partial charge < -0.3 is 4.57 Å². The Hall–Kier alpha value is -2.32. The zero-order valence-corrected chi connectivity index (χ0v) is 13.5. The van der Waals surface area contributed by atoms with Crippen molar-refractivity contribution < 1.29 is 4.79 Å². The van der Waals surface area contributed by atoms with Crippen molar-refractivity contribution in [1.82, 2.24) is 4.57 Å². The first-order valence-electron chi connectivity index (χ1n) is 7.68. The highest BCUT2D eigenvalue weighted by Gasteiger charge is 2.08. The van der Waals surface area contributed by atoms with Crippen LogP contribution >= 0.6 is 11.6 Å². The van der Waals surface area contributed by atoms with Crippen molar-refractivity contribution in [3.8, 4) is 0 Å². The van der Waals surface area contributed by atoms with Crippen LogP contribution in [0.15, 0.2) is 66.7 Å². The molecule has 0 saturated heterocycles. The second kappa shape index (κ2) is 7.30. The fourth-order valence-corrected chi connectivity index (χ4v) is 2.86. The van der Waals surface area contributed by atoms with Gasteiger partial charge in [-0.3, -0.25) is 4.79 Å². The normalized spacial score (nSPS) is 10.7. The van der Waals surface area contributed by atoms with Crippen LogP contribution in [-0.4, -0.2) is 10.9 Å². The van der Waals surface area contributed by atoms with E-state index in [9.17, 15) is 4.79 Å². The third-order valence-electron chi connectivity index (χ3n) is 3.99. The summed E-state index contributed by atoms with van der Waals surface area (Å²) < 4.78 is 2.08. The molecule has 2 aromatic carbocycles. The van der Waals surface area contributed by atoms with Gasteiger partial charge in [0.15, 0.2) is 6.29 Å². The van der Waals surface area contributed by atoms with Crippen LogP contribution in [0.5, 0.6) is 0 Å². The largest absolute Gasteiger partial charge is 0.338 e. The number of carbonyl (C=O) groups excluding carboxylic acids is 1. The smallest absolute Gasteiger partial charge is 0.166 e. The summed E-state index contributed by atoms with van der Waals surface area (Å²) >= 11 is 5.94. The summed E-state index contributed by atoms with van der Waals surface area (Å²) in [6.07, 6.45) is 2.79. The number of hydrogen-bond donors (Lipinski definition) is 0. The van der Waals surface area contributed by atoms with Gasteiger partial charge in [0.1, 0.15) is 0 Å². The first kappa shape index (κ1) is 15.6. The van der Waals surface area contributed by atoms with E-state index < -0.39 is 0 Å². The molecule has 116 valence electrons. The Morgan fingerprint density at radius 1 is 0.826 bits per heavy atom. The van der Waals surface area contributed by atoms with Gasteiger partial charge in [0.2, 0.25) is 0 Å². The molecule has 0 N–H and O–H groups in total. The van der Waals surface area contributed by atoms with Crippen LogP contribution in [-0.2, 0) is 19.4 Å². The predicted octanol–water partition coefficient (Wildman–Crippen LogP) is 4.79. The molecule has 0 radical (unpaired) electrons. The van der Waals surface area contributed by atoms with Crippen molar-refractivity contribution in [2.45, 2.75) is 19.4 Å². The van der Waals surface area contributed by atoms with E-state index in [1.54, 1.807) is 0 Å². The summed E-state index contributed by atoms with van der Waals surface area (Å²) in [5, 5.41) is 0.723. The molecular formula is C20H18ClNO.